The van der Waals surface area contributed by atoms with Gasteiger partial charge in [-0.2, -0.15) is 0 Å². The quantitative estimate of drug-likeness (QED) is 0.720. The molecule has 7 rings (SSSR count). The molecule has 7 aliphatic rings. The fourth-order valence-corrected chi connectivity index (χ4v) is 10.1. The van der Waals surface area contributed by atoms with Crippen LogP contribution in [0.2, 0.25) is 0 Å². The topological polar surface area (TPSA) is 43.7 Å². The van der Waals surface area contributed by atoms with Gasteiger partial charge < -0.3 is 10.2 Å². The van der Waals surface area contributed by atoms with Crippen molar-refractivity contribution in [1.29, 1.82) is 0 Å². The lowest BCUT2D eigenvalue weighted by Crippen LogP contribution is -2.69. The van der Waals surface area contributed by atoms with E-state index < -0.39 is 0 Å². The SMILES string of the molecule is C=C1[C@H]2CC[C@]3([C@@H]1O)[C@H]1C[C@H]4C5(C)CCCC4([C@@H]1N(CC)C5)[C@@H]3[C@H]2O. The number of hydrogen-bond acceptors (Lipinski definition) is 3. The predicted octanol–water partition coefficient (Wildman–Crippen LogP) is 2.82. The number of fused-ring (bicyclic) bond motifs is 2. The van der Waals surface area contributed by atoms with Gasteiger partial charge in [0.05, 0.1) is 12.2 Å². The Kier molecular flexibility index (Phi) is 2.73. The van der Waals surface area contributed by atoms with Crippen LogP contribution in [0.3, 0.4) is 0 Å². The van der Waals surface area contributed by atoms with E-state index in [1.165, 1.54) is 32.2 Å². The highest BCUT2D eigenvalue weighted by molar-refractivity contribution is 5.38. The molecule has 138 valence electrons. The van der Waals surface area contributed by atoms with Gasteiger partial charge in [-0.3, -0.25) is 4.90 Å². The first-order chi connectivity index (χ1) is 11.9. The third-order valence-corrected chi connectivity index (χ3v) is 10.5. The molecule has 0 aromatic heterocycles. The summed E-state index contributed by atoms with van der Waals surface area (Å²) in [4.78, 5) is 2.77. The largest absolute Gasteiger partial charge is 0.392 e. The van der Waals surface area contributed by atoms with E-state index in [0.29, 0.717) is 23.3 Å². The Morgan fingerprint density at radius 3 is 2.76 bits per heavy atom. The molecule has 0 aromatic rings. The minimum absolute atomic E-state index is 0.0809. The van der Waals surface area contributed by atoms with Crippen LogP contribution in [0.1, 0.15) is 52.4 Å². The highest BCUT2D eigenvalue weighted by atomic mass is 16.3. The van der Waals surface area contributed by atoms with Crippen LogP contribution in [0.4, 0.5) is 0 Å². The molecule has 0 aromatic carbocycles. The number of piperidine rings is 1. The Morgan fingerprint density at radius 1 is 1.20 bits per heavy atom. The summed E-state index contributed by atoms with van der Waals surface area (Å²) in [6, 6.07) is 0.592. The zero-order chi connectivity index (χ0) is 17.4. The van der Waals surface area contributed by atoms with Gasteiger partial charge in [0.1, 0.15) is 0 Å². The number of hydrogen-bond donors (Lipinski definition) is 2. The minimum atomic E-state index is -0.377. The lowest BCUT2D eigenvalue weighted by atomic mass is 9.39. The Bertz CT molecular complexity index is 662. The second-order valence-corrected chi connectivity index (χ2v) is 10.7. The van der Waals surface area contributed by atoms with Gasteiger partial charge in [-0.25, -0.2) is 0 Å². The van der Waals surface area contributed by atoms with Gasteiger partial charge in [0.25, 0.3) is 0 Å². The summed E-state index contributed by atoms with van der Waals surface area (Å²) in [6.07, 6.45) is 6.75. The van der Waals surface area contributed by atoms with Crippen molar-refractivity contribution >= 4 is 0 Å². The van der Waals surface area contributed by atoms with Crippen LogP contribution in [0.5, 0.6) is 0 Å². The zero-order valence-corrected chi connectivity index (χ0v) is 15.7. The van der Waals surface area contributed by atoms with Crippen molar-refractivity contribution in [1.82, 2.24) is 4.90 Å². The number of nitrogens with zero attached hydrogens (tertiary/aromatic N) is 1. The number of rotatable bonds is 1. The molecule has 2 unspecified atom stereocenters. The van der Waals surface area contributed by atoms with Crippen molar-refractivity contribution in [3.05, 3.63) is 12.2 Å². The lowest BCUT2D eigenvalue weighted by molar-refractivity contribution is -0.227. The van der Waals surface area contributed by atoms with Crippen LogP contribution in [0.25, 0.3) is 0 Å². The zero-order valence-electron chi connectivity index (χ0n) is 15.7. The highest BCUT2D eigenvalue weighted by Crippen LogP contribution is 2.83. The maximum Gasteiger partial charge on any atom is 0.0814 e. The Labute approximate surface area is 151 Å². The molecule has 1 heterocycles. The monoisotopic (exact) mass is 343 g/mol. The van der Waals surface area contributed by atoms with Crippen molar-refractivity contribution in [3.8, 4) is 0 Å². The third kappa shape index (κ3) is 1.34. The molecule has 6 saturated carbocycles. The van der Waals surface area contributed by atoms with E-state index in [-0.39, 0.29) is 29.0 Å². The van der Waals surface area contributed by atoms with Crippen LogP contribution in [-0.4, -0.2) is 46.5 Å². The molecule has 7 bridgehead atoms. The van der Waals surface area contributed by atoms with E-state index in [2.05, 4.69) is 25.3 Å². The maximum atomic E-state index is 11.5. The van der Waals surface area contributed by atoms with Crippen LogP contribution in [0.15, 0.2) is 12.2 Å². The Morgan fingerprint density at radius 2 is 2.00 bits per heavy atom. The standard InChI is InChI=1S/C22H33NO2/c1-4-23-11-20(3)7-5-8-22-15(20)10-14(18(22)23)21-9-6-13(12(2)19(21)25)16(24)17(21)22/h13-19,24-25H,2,4-11H2,1,3H3/t13-,14+,15+,16+,17-,18-,19-,20?,21+,22?/m1/s1. The fraction of sp³-hybridized carbons (Fsp3) is 0.909. The average Bonchev–Trinajstić information content (AvgIpc) is 2.99. The number of aliphatic hydroxyl groups excluding tert-OH is 2. The fourth-order valence-electron chi connectivity index (χ4n) is 10.1. The van der Waals surface area contributed by atoms with Crippen molar-refractivity contribution in [2.75, 3.05) is 13.1 Å². The van der Waals surface area contributed by atoms with E-state index in [1.54, 1.807) is 0 Å². The van der Waals surface area contributed by atoms with Gasteiger partial charge in [-0.05, 0) is 66.9 Å². The third-order valence-electron chi connectivity index (χ3n) is 10.5. The molecule has 25 heavy (non-hydrogen) atoms. The molecule has 6 aliphatic carbocycles. The van der Waals surface area contributed by atoms with Gasteiger partial charge in [0.2, 0.25) is 0 Å². The van der Waals surface area contributed by atoms with Gasteiger partial charge in [-0.15, -0.1) is 0 Å². The van der Waals surface area contributed by atoms with Crippen molar-refractivity contribution in [3.63, 3.8) is 0 Å². The molecule has 0 amide bonds. The van der Waals surface area contributed by atoms with Crippen LogP contribution in [0, 0.1) is 39.9 Å². The van der Waals surface area contributed by atoms with E-state index in [0.717, 1.165) is 30.9 Å². The van der Waals surface area contributed by atoms with Gasteiger partial charge >= 0.3 is 0 Å². The predicted molar refractivity (Wildman–Crippen MR) is 96.8 cm³/mol. The number of aliphatic hydroxyl groups is 2. The van der Waals surface area contributed by atoms with Crippen LogP contribution < -0.4 is 0 Å². The molecule has 1 saturated heterocycles. The van der Waals surface area contributed by atoms with Crippen molar-refractivity contribution < 1.29 is 10.2 Å². The Balaban J connectivity index is 1.60. The highest BCUT2D eigenvalue weighted by Gasteiger charge is 2.84. The first-order valence-corrected chi connectivity index (χ1v) is 10.7. The average molecular weight is 344 g/mol. The van der Waals surface area contributed by atoms with E-state index in [1.807, 2.05) is 0 Å². The van der Waals surface area contributed by atoms with Crippen molar-refractivity contribution in [2.24, 2.45) is 39.9 Å². The van der Waals surface area contributed by atoms with Gasteiger partial charge in [0.15, 0.2) is 0 Å². The van der Waals surface area contributed by atoms with Gasteiger partial charge in [-0.1, -0.05) is 26.8 Å². The van der Waals surface area contributed by atoms with Crippen LogP contribution >= 0.6 is 0 Å². The second kappa shape index (κ2) is 4.36. The molecule has 3 heteroatoms. The summed E-state index contributed by atoms with van der Waals surface area (Å²) in [7, 11) is 0. The summed E-state index contributed by atoms with van der Waals surface area (Å²) >= 11 is 0. The van der Waals surface area contributed by atoms with E-state index >= 15 is 0 Å². The summed E-state index contributed by atoms with van der Waals surface area (Å²) in [5.74, 6) is 1.77. The summed E-state index contributed by atoms with van der Waals surface area (Å²) < 4.78 is 0. The summed E-state index contributed by atoms with van der Waals surface area (Å²) in [5.41, 5.74) is 1.54. The molecular weight excluding hydrogens is 310 g/mol. The minimum Gasteiger partial charge on any atom is -0.392 e. The molecule has 1 aliphatic heterocycles. The molecule has 2 spiro atoms. The van der Waals surface area contributed by atoms with Crippen molar-refractivity contribution in [2.45, 2.75) is 70.6 Å². The molecule has 2 N–H and O–H groups in total. The lowest BCUT2D eigenvalue weighted by Gasteiger charge is -2.68. The summed E-state index contributed by atoms with van der Waals surface area (Å²) in [6.45, 7) is 11.5. The van der Waals surface area contributed by atoms with Crippen LogP contribution in [-0.2, 0) is 0 Å². The Hall–Kier alpha value is -0.380. The maximum absolute atomic E-state index is 11.5. The smallest absolute Gasteiger partial charge is 0.0814 e. The first kappa shape index (κ1) is 15.7. The van der Waals surface area contributed by atoms with E-state index in [4.69, 9.17) is 0 Å². The first-order valence-electron chi connectivity index (χ1n) is 10.7. The molecule has 10 atom stereocenters. The number of likely N-dealkylation sites (tertiary alicyclic amines) is 1. The summed E-state index contributed by atoms with van der Waals surface area (Å²) in [5, 5.41) is 22.9. The molecule has 0 radical (unpaired) electrons. The molecule has 7 fully saturated rings. The molecular formula is C22H33NO2. The second-order valence-electron chi connectivity index (χ2n) is 10.7. The normalized spacial score (nSPS) is 64.6. The van der Waals surface area contributed by atoms with E-state index in [9.17, 15) is 10.2 Å². The molecule has 3 nitrogen and oxygen atoms in total. The van der Waals surface area contributed by atoms with Gasteiger partial charge in [0, 0.05) is 29.8 Å².